The van der Waals surface area contributed by atoms with Crippen molar-refractivity contribution in [3.63, 3.8) is 0 Å². The lowest BCUT2D eigenvalue weighted by molar-refractivity contribution is -0.124. The highest BCUT2D eigenvalue weighted by atomic mass is 19.3. The number of hydroxylamine groups is 1. The summed E-state index contributed by atoms with van der Waals surface area (Å²) in [6.45, 7) is -2.94. The Kier molecular flexibility index (Phi) is 6.19. The van der Waals surface area contributed by atoms with Crippen LogP contribution in [0.4, 0.5) is 14.5 Å². The van der Waals surface area contributed by atoms with E-state index in [1.807, 2.05) is 0 Å². The van der Waals surface area contributed by atoms with Crippen LogP contribution >= 0.6 is 0 Å². The number of para-hydroxylation sites is 1. The van der Waals surface area contributed by atoms with E-state index in [0.717, 1.165) is 6.08 Å². The van der Waals surface area contributed by atoms with E-state index in [0.29, 0.717) is 11.3 Å². The zero-order valence-corrected chi connectivity index (χ0v) is 12.8. The maximum atomic E-state index is 12.3. The molecule has 25 heavy (non-hydrogen) atoms. The minimum atomic E-state index is -2.94. The number of carbonyl (C=O) groups is 2. The second-order valence-corrected chi connectivity index (χ2v) is 4.75. The van der Waals surface area contributed by atoms with Crippen LogP contribution in [-0.2, 0) is 4.79 Å². The number of nitrogens with one attached hydrogen (secondary N) is 2. The number of anilines is 1. The quantitative estimate of drug-likeness (QED) is 0.425. The predicted octanol–water partition coefficient (Wildman–Crippen LogP) is 3.06. The lowest BCUT2D eigenvalue weighted by atomic mass is 10.1. The van der Waals surface area contributed by atoms with E-state index < -0.39 is 18.4 Å². The monoisotopic (exact) mass is 348 g/mol. The number of carbonyl (C=O) groups excluding carboxylic acids is 2. The summed E-state index contributed by atoms with van der Waals surface area (Å²) in [6, 6.07) is 11.9. The van der Waals surface area contributed by atoms with Crippen LogP contribution in [0.2, 0.25) is 0 Å². The van der Waals surface area contributed by atoms with Crippen molar-refractivity contribution in [2.75, 3.05) is 5.32 Å². The molecular formula is C17H14F2N2O4. The van der Waals surface area contributed by atoms with Crippen LogP contribution in [-0.4, -0.2) is 23.6 Å². The summed E-state index contributed by atoms with van der Waals surface area (Å²) in [4.78, 5) is 23.3. The van der Waals surface area contributed by atoms with Gasteiger partial charge in [0.15, 0.2) is 0 Å². The molecule has 3 N–H and O–H groups in total. The lowest BCUT2D eigenvalue weighted by Gasteiger charge is -2.09. The topological polar surface area (TPSA) is 87.7 Å². The molecule has 130 valence electrons. The van der Waals surface area contributed by atoms with Crippen LogP contribution in [0.5, 0.6) is 5.75 Å². The fourth-order valence-electron chi connectivity index (χ4n) is 1.94. The highest BCUT2D eigenvalue weighted by Gasteiger charge is 2.10. The van der Waals surface area contributed by atoms with E-state index in [2.05, 4.69) is 10.1 Å². The molecule has 0 atom stereocenters. The summed E-state index contributed by atoms with van der Waals surface area (Å²) in [5.74, 6) is -1.23. The predicted molar refractivity (Wildman–Crippen MR) is 86.4 cm³/mol. The number of rotatable bonds is 6. The molecule has 0 heterocycles. The average Bonchev–Trinajstić information content (AvgIpc) is 2.60. The first-order valence-electron chi connectivity index (χ1n) is 7.07. The van der Waals surface area contributed by atoms with Crippen molar-refractivity contribution in [1.82, 2.24) is 5.48 Å². The van der Waals surface area contributed by atoms with Crippen molar-refractivity contribution in [2.45, 2.75) is 6.61 Å². The average molecular weight is 348 g/mol. The smallest absolute Gasteiger partial charge is 0.387 e. The third kappa shape index (κ3) is 5.40. The van der Waals surface area contributed by atoms with Gasteiger partial charge in [-0.05, 0) is 42.0 Å². The molecule has 0 spiro atoms. The summed E-state index contributed by atoms with van der Waals surface area (Å²) in [6.07, 6.45) is 2.52. The molecule has 0 saturated carbocycles. The van der Waals surface area contributed by atoms with Crippen molar-refractivity contribution in [3.8, 4) is 5.75 Å². The number of halogens is 2. The van der Waals surface area contributed by atoms with Gasteiger partial charge in [0, 0.05) is 17.3 Å². The Labute approximate surface area is 141 Å². The van der Waals surface area contributed by atoms with E-state index >= 15 is 0 Å². The Bertz CT molecular complexity index is 776. The zero-order chi connectivity index (χ0) is 18.2. The van der Waals surface area contributed by atoms with Crippen LogP contribution < -0.4 is 15.5 Å². The summed E-state index contributed by atoms with van der Waals surface area (Å²) in [7, 11) is 0. The highest BCUT2D eigenvalue weighted by Crippen LogP contribution is 2.19. The van der Waals surface area contributed by atoms with Crippen molar-refractivity contribution >= 4 is 23.6 Å². The van der Waals surface area contributed by atoms with Crippen molar-refractivity contribution in [1.29, 1.82) is 0 Å². The molecule has 2 amide bonds. The molecule has 2 rings (SSSR count). The summed E-state index contributed by atoms with van der Waals surface area (Å²) in [5.41, 5.74) is 2.68. The zero-order valence-electron chi connectivity index (χ0n) is 12.8. The highest BCUT2D eigenvalue weighted by molar-refractivity contribution is 6.05. The molecule has 6 nitrogen and oxygen atoms in total. The Morgan fingerprint density at radius 1 is 1.08 bits per heavy atom. The number of hydrogen-bond acceptors (Lipinski definition) is 4. The van der Waals surface area contributed by atoms with E-state index in [4.69, 9.17) is 5.21 Å². The van der Waals surface area contributed by atoms with Crippen molar-refractivity contribution < 1.29 is 28.3 Å². The Morgan fingerprint density at radius 2 is 1.76 bits per heavy atom. The van der Waals surface area contributed by atoms with Gasteiger partial charge >= 0.3 is 6.61 Å². The lowest BCUT2D eigenvalue weighted by Crippen LogP contribution is -2.15. The second kappa shape index (κ2) is 8.55. The summed E-state index contributed by atoms with van der Waals surface area (Å²) in [5, 5.41) is 11.1. The number of hydrogen-bond donors (Lipinski definition) is 3. The van der Waals surface area contributed by atoms with Gasteiger partial charge in [0.1, 0.15) is 5.75 Å². The largest absolute Gasteiger partial charge is 0.435 e. The molecule has 0 aliphatic heterocycles. The number of ether oxygens (including phenoxy) is 1. The number of alkyl halides is 2. The third-order valence-corrected chi connectivity index (χ3v) is 3.08. The van der Waals surface area contributed by atoms with Crippen molar-refractivity contribution in [3.05, 3.63) is 65.7 Å². The van der Waals surface area contributed by atoms with Gasteiger partial charge in [0.25, 0.3) is 11.8 Å². The number of benzene rings is 2. The van der Waals surface area contributed by atoms with Crippen LogP contribution in [0.15, 0.2) is 54.6 Å². The molecule has 0 saturated heterocycles. The molecule has 2 aromatic rings. The molecule has 0 fully saturated rings. The van der Waals surface area contributed by atoms with Crippen LogP contribution in [0.3, 0.4) is 0 Å². The molecule has 0 unspecified atom stereocenters. The maximum Gasteiger partial charge on any atom is 0.387 e. The molecular weight excluding hydrogens is 334 g/mol. The van der Waals surface area contributed by atoms with Gasteiger partial charge in [-0.2, -0.15) is 8.78 Å². The normalized spacial score (nSPS) is 10.7. The standard InChI is InChI=1S/C17H14F2N2O4/c18-17(19)25-13-8-5-12(6-9-13)16(23)20-14-4-2-1-3-11(14)7-10-15(22)21-24/h1-10,17,24H,(H,20,23)(H,21,22). The van der Waals surface area contributed by atoms with Gasteiger partial charge in [0.05, 0.1) is 0 Å². The molecule has 0 radical (unpaired) electrons. The van der Waals surface area contributed by atoms with Gasteiger partial charge in [-0.3, -0.25) is 14.8 Å². The first-order chi connectivity index (χ1) is 12.0. The van der Waals surface area contributed by atoms with Crippen LogP contribution in [0.1, 0.15) is 15.9 Å². The minimum absolute atomic E-state index is 0.0510. The van der Waals surface area contributed by atoms with Crippen LogP contribution in [0.25, 0.3) is 6.08 Å². The van der Waals surface area contributed by atoms with E-state index in [-0.39, 0.29) is 11.3 Å². The fraction of sp³-hybridized carbons (Fsp3) is 0.0588. The van der Waals surface area contributed by atoms with E-state index in [1.54, 1.807) is 24.3 Å². The van der Waals surface area contributed by atoms with E-state index in [9.17, 15) is 18.4 Å². The minimum Gasteiger partial charge on any atom is -0.435 e. The number of amides is 2. The van der Waals surface area contributed by atoms with Gasteiger partial charge in [-0.1, -0.05) is 18.2 Å². The summed E-state index contributed by atoms with van der Waals surface area (Å²) < 4.78 is 28.4. The van der Waals surface area contributed by atoms with E-state index in [1.165, 1.54) is 35.8 Å². The fourth-order valence-corrected chi connectivity index (χ4v) is 1.94. The molecule has 0 aromatic heterocycles. The molecule has 0 aliphatic carbocycles. The summed E-state index contributed by atoms with van der Waals surface area (Å²) >= 11 is 0. The third-order valence-electron chi connectivity index (χ3n) is 3.08. The molecule has 0 aliphatic rings. The van der Waals surface area contributed by atoms with Crippen LogP contribution in [0, 0.1) is 0 Å². The Hall–Kier alpha value is -3.26. The SMILES string of the molecule is O=C(C=Cc1ccccc1NC(=O)c1ccc(OC(F)F)cc1)NO. The van der Waals surface area contributed by atoms with Gasteiger partial charge < -0.3 is 10.1 Å². The first-order valence-corrected chi connectivity index (χ1v) is 7.07. The van der Waals surface area contributed by atoms with Gasteiger partial charge in [-0.25, -0.2) is 5.48 Å². The second-order valence-electron chi connectivity index (χ2n) is 4.75. The first kappa shape index (κ1) is 18.1. The Balaban J connectivity index is 2.12. The maximum absolute atomic E-state index is 12.3. The van der Waals surface area contributed by atoms with Gasteiger partial charge in [0.2, 0.25) is 0 Å². The molecule has 0 bridgehead atoms. The van der Waals surface area contributed by atoms with Crippen molar-refractivity contribution in [2.24, 2.45) is 0 Å². The Morgan fingerprint density at radius 3 is 2.40 bits per heavy atom. The van der Waals surface area contributed by atoms with Gasteiger partial charge in [-0.15, -0.1) is 0 Å². The molecule has 8 heteroatoms. The molecule has 2 aromatic carbocycles.